The predicted molar refractivity (Wildman–Crippen MR) is 152 cm³/mol. The molecule has 1 aromatic carbocycles. The molecule has 3 N–H and O–H groups in total. The maximum atomic E-state index is 13.5. The number of aromatic amines is 1. The molecule has 10 heteroatoms. The van der Waals surface area contributed by atoms with Gasteiger partial charge in [-0.2, -0.15) is 0 Å². The number of H-pyrrole nitrogens is 1. The fourth-order valence-corrected chi connectivity index (χ4v) is 5.59. The Labute approximate surface area is 237 Å². The molecule has 0 spiro atoms. The van der Waals surface area contributed by atoms with E-state index in [4.69, 9.17) is 21.1 Å². The quantitative estimate of drug-likeness (QED) is 0.343. The van der Waals surface area contributed by atoms with Crippen LogP contribution in [0.3, 0.4) is 0 Å². The summed E-state index contributed by atoms with van der Waals surface area (Å²) in [5.74, 6) is 0.614. The van der Waals surface area contributed by atoms with Gasteiger partial charge in [0, 0.05) is 60.0 Å². The number of nitrogens with zero attached hydrogens (tertiary/aromatic N) is 1. The number of ether oxygens (including phenoxy) is 2. The zero-order chi connectivity index (χ0) is 28.1. The summed E-state index contributed by atoms with van der Waals surface area (Å²) in [4.78, 5) is 30.8. The van der Waals surface area contributed by atoms with E-state index in [1.165, 1.54) is 12.2 Å². The third-order valence-corrected chi connectivity index (χ3v) is 7.63. The molecule has 0 fully saturated rings. The van der Waals surface area contributed by atoms with Gasteiger partial charge in [0.2, 0.25) is 0 Å². The molecule has 0 saturated carbocycles. The number of aromatic nitrogens is 1. The number of halogens is 2. The van der Waals surface area contributed by atoms with Crippen molar-refractivity contribution in [3.05, 3.63) is 82.2 Å². The molecule has 2 atom stereocenters. The van der Waals surface area contributed by atoms with Crippen LogP contribution in [-0.4, -0.2) is 54.7 Å². The van der Waals surface area contributed by atoms with Crippen LogP contribution in [0, 0.1) is 5.92 Å². The normalized spacial score (nSPS) is 20.4. The number of carbonyl (C=O) groups is 2. The van der Waals surface area contributed by atoms with Crippen molar-refractivity contribution in [3.8, 4) is 0 Å². The van der Waals surface area contributed by atoms with Crippen LogP contribution in [0.2, 0.25) is 5.02 Å². The summed E-state index contributed by atoms with van der Waals surface area (Å²) < 4.78 is 24.9. The molecule has 2 aliphatic carbocycles. The number of allylic oxidation sites excluding steroid dienone is 6. The molecule has 0 bridgehead atoms. The predicted octanol–water partition coefficient (Wildman–Crippen LogP) is 5.59. The highest BCUT2D eigenvalue weighted by Crippen LogP contribution is 2.42. The second kappa shape index (κ2) is 12.7. The van der Waals surface area contributed by atoms with Crippen molar-refractivity contribution in [2.45, 2.75) is 38.6 Å². The molecule has 2 aromatic rings. The van der Waals surface area contributed by atoms with Gasteiger partial charge in [0.15, 0.2) is 6.61 Å². The second-order valence-electron chi connectivity index (χ2n) is 10.1. The number of hydrogen-bond acceptors (Lipinski definition) is 5. The summed E-state index contributed by atoms with van der Waals surface area (Å²) in [5, 5.41) is 7.68. The lowest BCUT2D eigenvalue weighted by molar-refractivity contribution is -0.124. The maximum Gasteiger partial charge on any atom is 0.415 e. The summed E-state index contributed by atoms with van der Waals surface area (Å²) in [6, 6.07) is 5.44. The van der Waals surface area contributed by atoms with Gasteiger partial charge in [0.05, 0.1) is 6.04 Å². The highest BCUT2D eigenvalue weighted by Gasteiger charge is 2.39. The van der Waals surface area contributed by atoms with Crippen molar-refractivity contribution >= 4 is 34.5 Å². The number of benzene rings is 1. The van der Waals surface area contributed by atoms with E-state index in [0.29, 0.717) is 55.4 Å². The van der Waals surface area contributed by atoms with Crippen LogP contribution in [-0.2, 0) is 20.7 Å². The average molecular weight is 569 g/mol. The molecule has 1 aliphatic heterocycles. The minimum atomic E-state index is -0.456. The van der Waals surface area contributed by atoms with E-state index < -0.39 is 6.09 Å². The molecule has 212 valence electrons. The number of carbonyl (C=O) groups excluding carboxylic acids is 2. The molecule has 3 aliphatic rings. The van der Waals surface area contributed by atoms with Gasteiger partial charge >= 0.3 is 6.09 Å². The van der Waals surface area contributed by atoms with Crippen LogP contribution in [0.15, 0.2) is 65.9 Å². The zero-order valence-electron chi connectivity index (χ0n) is 22.5. The summed E-state index contributed by atoms with van der Waals surface area (Å²) >= 11 is 6.31. The van der Waals surface area contributed by atoms with Gasteiger partial charge < -0.3 is 25.1 Å². The van der Waals surface area contributed by atoms with E-state index >= 15 is 0 Å². The van der Waals surface area contributed by atoms with Gasteiger partial charge in [0.25, 0.3) is 5.91 Å². The van der Waals surface area contributed by atoms with Crippen LogP contribution in [0.1, 0.15) is 43.5 Å². The topological polar surface area (TPSA) is 95.7 Å². The Morgan fingerprint density at radius 3 is 2.83 bits per heavy atom. The Bertz CT molecular complexity index is 1400. The first-order chi connectivity index (χ1) is 19.4. The summed E-state index contributed by atoms with van der Waals surface area (Å²) in [6.07, 6.45) is 10.1. The fourth-order valence-electron chi connectivity index (χ4n) is 5.41. The van der Waals surface area contributed by atoms with E-state index in [9.17, 15) is 14.0 Å². The highest BCUT2D eigenvalue weighted by molar-refractivity contribution is 6.31. The Kier molecular flexibility index (Phi) is 8.91. The SMILES string of the molecule is CCNCCNC(=O)COC1=CCC(C2c3[nH]c4ccc(Cl)cc4c3CCN2C(=O)OC2=CC=C(F)CC2)C=C1. The molecule has 8 nitrogen and oxygen atoms in total. The summed E-state index contributed by atoms with van der Waals surface area (Å²) in [6.45, 7) is 4.52. The highest BCUT2D eigenvalue weighted by atomic mass is 35.5. The Morgan fingerprint density at radius 1 is 1.20 bits per heavy atom. The van der Waals surface area contributed by atoms with Crippen molar-refractivity contribution in [2.75, 3.05) is 32.8 Å². The van der Waals surface area contributed by atoms with Crippen LogP contribution in [0.4, 0.5) is 9.18 Å². The van der Waals surface area contributed by atoms with E-state index in [0.717, 1.165) is 28.7 Å². The van der Waals surface area contributed by atoms with Crippen LogP contribution in [0.5, 0.6) is 0 Å². The second-order valence-corrected chi connectivity index (χ2v) is 10.5. The number of fused-ring (bicyclic) bond motifs is 3. The van der Waals surface area contributed by atoms with Gasteiger partial charge in [-0.3, -0.25) is 9.69 Å². The number of likely N-dealkylation sites (N-methyl/N-ethyl adjacent to an activating group) is 1. The smallest absolute Gasteiger partial charge is 0.415 e. The lowest BCUT2D eigenvalue weighted by Crippen LogP contribution is -2.43. The van der Waals surface area contributed by atoms with Crippen molar-refractivity contribution < 1.29 is 23.5 Å². The van der Waals surface area contributed by atoms with Crippen LogP contribution >= 0.6 is 11.6 Å². The minimum absolute atomic E-state index is 0.0610. The maximum absolute atomic E-state index is 13.5. The third kappa shape index (κ3) is 6.42. The van der Waals surface area contributed by atoms with Crippen LogP contribution < -0.4 is 10.6 Å². The summed E-state index contributed by atoms with van der Waals surface area (Å²) in [5.41, 5.74) is 3.06. The van der Waals surface area contributed by atoms with Crippen molar-refractivity contribution in [1.29, 1.82) is 0 Å². The minimum Gasteiger partial charge on any atom is -0.484 e. The largest absolute Gasteiger partial charge is 0.484 e. The molecule has 5 rings (SSSR count). The number of hydrogen-bond donors (Lipinski definition) is 3. The first-order valence-electron chi connectivity index (χ1n) is 13.7. The first kappa shape index (κ1) is 28.0. The van der Waals surface area contributed by atoms with Gasteiger partial charge in [-0.15, -0.1) is 0 Å². The average Bonchev–Trinajstić information content (AvgIpc) is 3.33. The van der Waals surface area contributed by atoms with E-state index in [1.54, 1.807) is 4.90 Å². The molecular weight excluding hydrogens is 535 g/mol. The summed E-state index contributed by atoms with van der Waals surface area (Å²) in [7, 11) is 0. The van der Waals surface area contributed by atoms with E-state index in [2.05, 4.69) is 15.6 Å². The Balaban J connectivity index is 1.32. The monoisotopic (exact) mass is 568 g/mol. The molecule has 1 aromatic heterocycles. The van der Waals surface area contributed by atoms with Crippen molar-refractivity contribution in [2.24, 2.45) is 5.92 Å². The molecule has 0 radical (unpaired) electrons. The number of nitrogens with one attached hydrogen (secondary N) is 3. The number of rotatable bonds is 9. The van der Waals surface area contributed by atoms with E-state index in [-0.39, 0.29) is 36.7 Å². The molecule has 2 unspecified atom stereocenters. The molecular formula is C30H34ClFN4O4. The van der Waals surface area contributed by atoms with E-state index in [1.807, 2.05) is 43.4 Å². The fraction of sp³-hybridized carbons (Fsp3) is 0.400. The van der Waals surface area contributed by atoms with Gasteiger partial charge in [-0.1, -0.05) is 24.6 Å². The number of amides is 2. The molecule has 2 amide bonds. The molecule has 2 heterocycles. The third-order valence-electron chi connectivity index (χ3n) is 7.40. The van der Waals surface area contributed by atoms with Crippen LogP contribution in [0.25, 0.3) is 10.9 Å². The molecule has 40 heavy (non-hydrogen) atoms. The van der Waals surface area contributed by atoms with Gasteiger partial charge in [-0.05, 0) is 67.5 Å². The lowest BCUT2D eigenvalue weighted by Gasteiger charge is -2.39. The lowest BCUT2D eigenvalue weighted by atomic mass is 9.84. The van der Waals surface area contributed by atoms with Gasteiger partial charge in [0.1, 0.15) is 17.3 Å². The zero-order valence-corrected chi connectivity index (χ0v) is 23.2. The van der Waals surface area contributed by atoms with Crippen molar-refractivity contribution in [3.63, 3.8) is 0 Å². The molecule has 0 saturated heterocycles. The first-order valence-corrected chi connectivity index (χ1v) is 14.1. The standard InChI is InChI=1S/C30H34ClFN4O4/c1-2-33-14-15-34-27(37)18-39-22-8-3-19(4-9-22)29-28-24(25-17-20(31)5-12-26(25)35-28)13-16-36(29)30(38)40-23-10-6-21(32)7-11-23/h3,5-6,8-10,12,17,19,29,33,35H,2,4,7,11,13-16,18H2,1H3,(H,34,37). The van der Waals surface area contributed by atoms with Crippen molar-refractivity contribution in [1.82, 2.24) is 20.5 Å². The Morgan fingerprint density at radius 2 is 2.08 bits per heavy atom. The van der Waals surface area contributed by atoms with Gasteiger partial charge in [-0.25, -0.2) is 9.18 Å². The Hall–Kier alpha value is -3.56.